The zero-order valence-corrected chi connectivity index (χ0v) is 14.9. The maximum atomic E-state index is 12.6. The van der Waals surface area contributed by atoms with E-state index < -0.39 is 0 Å². The van der Waals surface area contributed by atoms with Crippen LogP contribution in [0.1, 0.15) is 29.6 Å². The molecule has 0 amide bonds. The first-order valence-corrected chi connectivity index (χ1v) is 10.1. The minimum absolute atomic E-state index is 0.164. The SMILES string of the molecule is O=C(OCC1CC2CC1C1C3C=CC(C3)C21)c1ccc2ccccc2c1. The summed E-state index contributed by atoms with van der Waals surface area (Å²) < 4.78 is 5.79. The van der Waals surface area contributed by atoms with Gasteiger partial charge < -0.3 is 4.74 Å². The lowest BCUT2D eigenvalue weighted by Crippen LogP contribution is -2.33. The van der Waals surface area contributed by atoms with Gasteiger partial charge in [0.2, 0.25) is 0 Å². The fourth-order valence-electron chi connectivity index (χ4n) is 6.93. The highest BCUT2D eigenvalue weighted by Gasteiger charge is 2.60. The number of benzene rings is 2. The second-order valence-corrected chi connectivity index (χ2v) is 8.92. The molecule has 0 heterocycles. The van der Waals surface area contributed by atoms with Crippen LogP contribution in [0.4, 0.5) is 0 Å². The van der Waals surface area contributed by atoms with Crippen LogP contribution in [-0.2, 0) is 4.74 Å². The average Bonchev–Trinajstić information content (AvgIpc) is 3.44. The minimum Gasteiger partial charge on any atom is -0.462 e. The maximum Gasteiger partial charge on any atom is 0.338 e. The molecule has 4 bridgehead atoms. The van der Waals surface area contributed by atoms with Gasteiger partial charge in [-0.15, -0.1) is 0 Å². The molecule has 4 aliphatic carbocycles. The highest BCUT2D eigenvalue weighted by molar-refractivity contribution is 5.95. The summed E-state index contributed by atoms with van der Waals surface area (Å²) in [5, 5.41) is 2.26. The van der Waals surface area contributed by atoms with Crippen molar-refractivity contribution in [2.45, 2.75) is 19.3 Å². The smallest absolute Gasteiger partial charge is 0.338 e. The van der Waals surface area contributed by atoms with Crippen molar-refractivity contribution in [2.24, 2.45) is 41.4 Å². The monoisotopic (exact) mass is 344 g/mol. The van der Waals surface area contributed by atoms with Crippen molar-refractivity contribution in [3.63, 3.8) is 0 Å². The van der Waals surface area contributed by atoms with E-state index >= 15 is 0 Å². The molecule has 0 saturated heterocycles. The molecule has 0 radical (unpaired) electrons. The van der Waals surface area contributed by atoms with Crippen LogP contribution in [0.2, 0.25) is 0 Å². The van der Waals surface area contributed by atoms with Gasteiger partial charge in [0.1, 0.15) is 0 Å². The third-order valence-corrected chi connectivity index (χ3v) is 7.82. The van der Waals surface area contributed by atoms with Gasteiger partial charge in [-0.05, 0) is 83.6 Å². The van der Waals surface area contributed by atoms with Crippen molar-refractivity contribution in [2.75, 3.05) is 6.61 Å². The van der Waals surface area contributed by atoms with Crippen LogP contribution in [-0.4, -0.2) is 12.6 Å². The Morgan fingerprint density at radius 1 is 0.923 bits per heavy atom. The van der Waals surface area contributed by atoms with Gasteiger partial charge in [0.25, 0.3) is 0 Å². The molecule has 26 heavy (non-hydrogen) atoms. The molecule has 2 nitrogen and oxygen atoms in total. The van der Waals surface area contributed by atoms with Crippen LogP contribution in [0, 0.1) is 41.4 Å². The number of carbonyl (C=O) groups excluding carboxylic acids is 1. The molecule has 6 rings (SSSR count). The Labute approximate surface area is 154 Å². The summed E-state index contributed by atoms with van der Waals surface area (Å²) in [6.07, 6.45) is 9.01. The molecule has 0 N–H and O–H groups in total. The van der Waals surface area contributed by atoms with E-state index in [0.29, 0.717) is 18.1 Å². The van der Waals surface area contributed by atoms with Crippen molar-refractivity contribution >= 4 is 16.7 Å². The molecular formula is C24H24O2. The highest BCUT2D eigenvalue weighted by Crippen LogP contribution is 2.66. The van der Waals surface area contributed by atoms with E-state index in [2.05, 4.69) is 18.2 Å². The van der Waals surface area contributed by atoms with Crippen LogP contribution in [0.5, 0.6) is 0 Å². The van der Waals surface area contributed by atoms with E-state index in [1.807, 2.05) is 36.4 Å². The van der Waals surface area contributed by atoms with E-state index in [4.69, 9.17) is 4.74 Å². The van der Waals surface area contributed by atoms with Crippen molar-refractivity contribution in [3.8, 4) is 0 Å². The molecule has 3 saturated carbocycles. The van der Waals surface area contributed by atoms with Crippen LogP contribution >= 0.6 is 0 Å². The van der Waals surface area contributed by atoms with Gasteiger partial charge >= 0.3 is 5.97 Å². The number of esters is 1. The summed E-state index contributed by atoms with van der Waals surface area (Å²) in [5.74, 6) is 5.60. The quantitative estimate of drug-likeness (QED) is 0.440. The van der Waals surface area contributed by atoms with Gasteiger partial charge in [-0.2, -0.15) is 0 Å². The third kappa shape index (κ3) is 2.08. The number of carbonyl (C=O) groups is 1. The van der Waals surface area contributed by atoms with Crippen molar-refractivity contribution in [1.29, 1.82) is 0 Å². The molecular weight excluding hydrogens is 320 g/mol. The summed E-state index contributed by atoms with van der Waals surface area (Å²) in [4.78, 5) is 12.6. The molecule has 0 spiro atoms. The molecule has 0 aromatic heterocycles. The molecule has 2 aromatic carbocycles. The molecule has 3 fully saturated rings. The van der Waals surface area contributed by atoms with Gasteiger partial charge in [-0.25, -0.2) is 4.79 Å². The maximum absolute atomic E-state index is 12.6. The topological polar surface area (TPSA) is 26.3 Å². The minimum atomic E-state index is -0.164. The van der Waals surface area contributed by atoms with E-state index in [0.717, 1.165) is 46.3 Å². The molecule has 7 unspecified atom stereocenters. The second-order valence-electron chi connectivity index (χ2n) is 8.92. The van der Waals surface area contributed by atoms with Crippen LogP contribution in [0.3, 0.4) is 0 Å². The molecule has 132 valence electrons. The number of rotatable bonds is 3. The summed E-state index contributed by atoms with van der Waals surface area (Å²) in [7, 11) is 0. The van der Waals surface area contributed by atoms with Gasteiger partial charge in [-0.1, -0.05) is 42.5 Å². The third-order valence-electron chi connectivity index (χ3n) is 7.82. The molecule has 2 aromatic rings. The number of fused-ring (bicyclic) bond motifs is 10. The van der Waals surface area contributed by atoms with Gasteiger partial charge in [0.15, 0.2) is 0 Å². The van der Waals surface area contributed by atoms with Crippen molar-refractivity contribution in [1.82, 2.24) is 0 Å². The zero-order valence-electron chi connectivity index (χ0n) is 14.9. The number of hydrogen-bond donors (Lipinski definition) is 0. The fraction of sp³-hybridized carbons (Fsp3) is 0.458. The molecule has 7 atom stereocenters. The van der Waals surface area contributed by atoms with Crippen LogP contribution in [0.15, 0.2) is 54.6 Å². The Kier molecular flexibility index (Phi) is 3.15. The fourth-order valence-corrected chi connectivity index (χ4v) is 6.93. The van der Waals surface area contributed by atoms with E-state index in [1.54, 1.807) is 0 Å². The number of allylic oxidation sites excluding steroid dienone is 2. The Morgan fingerprint density at radius 2 is 1.73 bits per heavy atom. The van der Waals surface area contributed by atoms with E-state index in [-0.39, 0.29) is 5.97 Å². The Hall–Kier alpha value is -2.09. The first-order chi connectivity index (χ1) is 12.8. The second kappa shape index (κ2) is 5.45. The number of hydrogen-bond acceptors (Lipinski definition) is 2. The lowest BCUT2D eigenvalue weighted by atomic mass is 9.69. The number of ether oxygens (including phenoxy) is 1. The standard InChI is InChI=1S/C24H24O2/c25-24(18-8-5-14-3-1-2-4-15(14)9-18)26-13-20-11-19-12-21(20)23-17-7-6-16(10-17)22(19)23/h1-9,16-17,19-23H,10-13H2. The zero-order chi connectivity index (χ0) is 17.3. The lowest BCUT2D eigenvalue weighted by molar-refractivity contribution is 0.0307. The van der Waals surface area contributed by atoms with Gasteiger partial charge in [-0.3, -0.25) is 0 Å². The summed E-state index contributed by atoms with van der Waals surface area (Å²) in [5.41, 5.74) is 0.674. The summed E-state index contributed by atoms with van der Waals surface area (Å²) in [6, 6.07) is 14.0. The van der Waals surface area contributed by atoms with Crippen molar-refractivity contribution < 1.29 is 9.53 Å². The molecule has 2 heteroatoms. The Balaban J connectivity index is 1.15. The van der Waals surface area contributed by atoms with Gasteiger partial charge in [0.05, 0.1) is 12.2 Å². The van der Waals surface area contributed by atoms with E-state index in [1.165, 1.54) is 19.3 Å². The first kappa shape index (κ1) is 15.0. The lowest BCUT2D eigenvalue weighted by Gasteiger charge is -2.36. The molecule has 4 aliphatic rings. The predicted octanol–water partition coefficient (Wildman–Crippen LogP) is 5.09. The predicted molar refractivity (Wildman–Crippen MR) is 102 cm³/mol. The van der Waals surface area contributed by atoms with Crippen molar-refractivity contribution in [3.05, 3.63) is 60.2 Å². The Bertz CT molecular complexity index is 913. The van der Waals surface area contributed by atoms with E-state index in [9.17, 15) is 4.79 Å². The average molecular weight is 344 g/mol. The van der Waals surface area contributed by atoms with Crippen LogP contribution in [0.25, 0.3) is 10.8 Å². The normalized spacial score (nSPS) is 38.8. The summed E-state index contributed by atoms with van der Waals surface area (Å²) >= 11 is 0. The Morgan fingerprint density at radius 3 is 2.62 bits per heavy atom. The molecule has 0 aliphatic heterocycles. The summed E-state index contributed by atoms with van der Waals surface area (Å²) in [6.45, 7) is 0.608. The largest absolute Gasteiger partial charge is 0.462 e. The highest BCUT2D eigenvalue weighted by atomic mass is 16.5. The first-order valence-electron chi connectivity index (χ1n) is 10.1. The van der Waals surface area contributed by atoms with Gasteiger partial charge in [0, 0.05) is 0 Å². The van der Waals surface area contributed by atoms with Crippen LogP contribution < -0.4 is 0 Å².